The van der Waals surface area contributed by atoms with E-state index in [2.05, 4.69) is 10.2 Å². The lowest BCUT2D eigenvalue weighted by molar-refractivity contribution is -0.117. The number of hydrogen-bond donors (Lipinski definition) is 1. The fraction of sp³-hybridized carbons (Fsp3) is 0.533. The van der Waals surface area contributed by atoms with Crippen LogP contribution in [0.25, 0.3) is 0 Å². The Balaban J connectivity index is 1.85. The van der Waals surface area contributed by atoms with Gasteiger partial charge >= 0.3 is 0 Å². The van der Waals surface area contributed by atoms with Crippen LogP contribution in [0.4, 0.5) is 5.69 Å². The molecule has 19 heavy (non-hydrogen) atoms. The summed E-state index contributed by atoms with van der Waals surface area (Å²) in [4.78, 5) is 14.2. The fourth-order valence-corrected chi connectivity index (χ4v) is 2.35. The van der Waals surface area contributed by atoms with E-state index in [0.717, 1.165) is 24.5 Å². The van der Waals surface area contributed by atoms with Crippen molar-refractivity contribution < 1.29 is 9.53 Å². The molecule has 0 radical (unpaired) electrons. The highest BCUT2D eigenvalue weighted by Crippen LogP contribution is 2.17. The highest BCUT2D eigenvalue weighted by molar-refractivity contribution is 5.92. The van der Waals surface area contributed by atoms with Gasteiger partial charge in [0, 0.05) is 11.8 Å². The van der Waals surface area contributed by atoms with E-state index in [-0.39, 0.29) is 5.91 Å². The molecule has 1 heterocycles. The molecule has 1 fully saturated rings. The SMILES string of the molecule is CCOc1cccc(NC(=O)CN2CCCCC2)c1. The number of likely N-dealkylation sites (tertiary alicyclic amines) is 1. The van der Waals surface area contributed by atoms with Gasteiger partial charge in [-0.1, -0.05) is 12.5 Å². The molecule has 104 valence electrons. The van der Waals surface area contributed by atoms with Crippen molar-refractivity contribution in [2.75, 3.05) is 31.6 Å². The van der Waals surface area contributed by atoms with Crippen LogP contribution in [0.1, 0.15) is 26.2 Å². The average molecular weight is 262 g/mol. The predicted molar refractivity (Wildman–Crippen MR) is 76.5 cm³/mol. The largest absolute Gasteiger partial charge is 0.494 e. The maximum Gasteiger partial charge on any atom is 0.238 e. The van der Waals surface area contributed by atoms with Gasteiger partial charge in [-0.2, -0.15) is 0 Å². The van der Waals surface area contributed by atoms with Gasteiger partial charge in [0.1, 0.15) is 5.75 Å². The standard InChI is InChI=1S/C15H22N2O2/c1-2-19-14-8-6-7-13(11-14)16-15(18)12-17-9-4-3-5-10-17/h6-8,11H,2-5,9-10,12H2,1H3,(H,16,18). The predicted octanol–water partition coefficient (Wildman–Crippen LogP) is 2.51. The molecule has 0 unspecified atom stereocenters. The summed E-state index contributed by atoms with van der Waals surface area (Å²) in [6.07, 6.45) is 3.69. The van der Waals surface area contributed by atoms with Crippen LogP contribution in [0.3, 0.4) is 0 Å². The summed E-state index contributed by atoms with van der Waals surface area (Å²) in [5.74, 6) is 0.842. The Morgan fingerprint density at radius 3 is 2.84 bits per heavy atom. The van der Waals surface area contributed by atoms with E-state index >= 15 is 0 Å². The summed E-state index contributed by atoms with van der Waals surface area (Å²) in [6, 6.07) is 7.53. The summed E-state index contributed by atoms with van der Waals surface area (Å²) >= 11 is 0. The molecule has 0 saturated carbocycles. The molecule has 1 aliphatic rings. The van der Waals surface area contributed by atoms with Crippen LogP contribution in [-0.2, 0) is 4.79 Å². The van der Waals surface area contributed by atoms with Crippen LogP contribution in [0.2, 0.25) is 0 Å². The van der Waals surface area contributed by atoms with E-state index < -0.39 is 0 Å². The molecule has 2 rings (SSSR count). The summed E-state index contributed by atoms with van der Waals surface area (Å²) in [7, 11) is 0. The minimum absolute atomic E-state index is 0.0514. The molecule has 0 spiro atoms. The fourth-order valence-electron chi connectivity index (χ4n) is 2.35. The Bertz CT molecular complexity index is 414. The average Bonchev–Trinajstić information content (AvgIpc) is 2.40. The third-order valence-corrected chi connectivity index (χ3v) is 3.24. The summed E-state index contributed by atoms with van der Waals surface area (Å²) in [6.45, 7) is 5.13. The minimum atomic E-state index is 0.0514. The Kier molecular flexibility index (Phi) is 5.21. The third kappa shape index (κ3) is 4.56. The van der Waals surface area contributed by atoms with Gasteiger partial charge in [-0.15, -0.1) is 0 Å². The van der Waals surface area contributed by atoms with E-state index in [9.17, 15) is 4.79 Å². The van der Waals surface area contributed by atoms with Crippen molar-refractivity contribution in [2.24, 2.45) is 0 Å². The third-order valence-electron chi connectivity index (χ3n) is 3.24. The van der Waals surface area contributed by atoms with Crippen molar-refractivity contribution in [1.29, 1.82) is 0 Å². The topological polar surface area (TPSA) is 41.6 Å². The van der Waals surface area contributed by atoms with Crippen molar-refractivity contribution >= 4 is 11.6 Å². The van der Waals surface area contributed by atoms with Gasteiger partial charge in [-0.25, -0.2) is 0 Å². The van der Waals surface area contributed by atoms with Crippen molar-refractivity contribution in [3.8, 4) is 5.75 Å². The van der Waals surface area contributed by atoms with Gasteiger partial charge < -0.3 is 10.1 Å². The monoisotopic (exact) mass is 262 g/mol. The molecule has 1 saturated heterocycles. The molecule has 1 amide bonds. The summed E-state index contributed by atoms with van der Waals surface area (Å²) in [5.41, 5.74) is 0.799. The molecular weight excluding hydrogens is 240 g/mol. The molecule has 1 aliphatic heterocycles. The number of ether oxygens (including phenoxy) is 1. The first-order chi connectivity index (χ1) is 9.28. The quantitative estimate of drug-likeness (QED) is 0.886. The van der Waals surface area contributed by atoms with Crippen molar-refractivity contribution in [1.82, 2.24) is 4.90 Å². The molecule has 4 heteroatoms. The number of amides is 1. The number of rotatable bonds is 5. The van der Waals surface area contributed by atoms with Crippen LogP contribution in [0.15, 0.2) is 24.3 Å². The molecular formula is C15H22N2O2. The second-order valence-electron chi connectivity index (χ2n) is 4.85. The number of nitrogens with one attached hydrogen (secondary N) is 1. The van der Waals surface area contributed by atoms with Gasteiger partial charge in [-0.05, 0) is 45.0 Å². The van der Waals surface area contributed by atoms with Gasteiger partial charge in [0.05, 0.1) is 13.2 Å². The van der Waals surface area contributed by atoms with Crippen LogP contribution in [0.5, 0.6) is 5.75 Å². The van der Waals surface area contributed by atoms with Crippen LogP contribution in [-0.4, -0.2) is 37.0 Å². The second kappa shape index (κ2) is 7.14. The Hall–Kier alpha value is -1.55. The van der Waals surface area contributed by atoms with Gasteiger partial charge in [0.25, 0.3) is 0 Å². The van der Waals surface area contributed by atoms with Crippen molar-refractivity contribution in [3.63, 3.8) is 0 Å². The van der Waals surface area contributed by atoms with E-state index in [1.165, 1.54) is 19.3 Å². The van der Waals surface area contributed by atoms with Crippen LogP contribution >= 0.6 is 0 Å². The van der Waals surface area contributed by atoms with Crippen molar-refractivity contribution in [3.05, 3.63) is 24.3 Å². The Labute approximate surface area is 114 Å². The molecule has 0 bridgehead atoms. The number of nitrogens with zero attached hydrogens (tertiary/aromatic N) is 1. The van der Waals surface area contributed by atoms with E-state index in [0.29, 0.717) is 13.2 Å². The van der Waals surface area contributed by atoms with Gasteiger partial charge in [0.15, 0.2) is 0 Å². The normalized spacial score (nSPS) is 16.1. The van der Waals surface area contributed by atoms with Gasteiger partial charge in [-0.3, -0.25) is 9.69 Å². The summed E-state index contributed by atoms with van der Waals surface area (Å²) in [5, 5.41) is 2.93. The summed E-state index contributed by atoms with van der Waals surface area (Å²) < 4.78 is 5.42. The molecule has 1 aromatic rings. The van der Waals surface area contributed by atoms with Crippen LogP contribution < -0.4 is 10.1 Å². The number of carbonyl (C=O) groups is 1. The number of carbonyl (C=O) groups excluding carboxylic acids is 1. The Morgan fingerprint density at radius 2 is 2.11 bits per heavy atom. The zero-order valence-corrected chi connectivity index (χ0v) is 11.5. The lowest BCUT2D eigenvalue weighted by Crippen LogP contribution is -2.36. The highest BCUT2D eigenvalue weighted by Gasteiger charge is 2.13. The van der Waals surface area contributed by atoms with Gasteiger partial charge in [0.2, 0.25) is 5.91 Å². The molecule has 4 nitrogen and oxygen atoms in total. The van der Waals surface area contributed by atoms with E-state index in [1.807, 2.05) is 31.2 Å². The maximum absolute atomic E-state index is 12.0. The smallest absolute Gasteiger partial charge is 0.238 e. The molecule has 1 N–H and O–H groups in total. The number of piperidine rings is 1. The lowest BCUT2D eigenvalue weighted by atomic mass is 10.1. The number of anilines is 1. The molecule has 0 aliphatic carbocycles. The maximum atomic E-state index is 12.0. The number of hydrogen-bond acceptors (Lipinski definition) is 3. The van der Waals surface area contributed by atoms with E-state index in [4.69, 9.17) is 4.74 Å². The van der Waals surface area contributed by atoms with Crippen LogP contribution in [0, 0.1) is 0 Å². The first-order valence-corrected chi connectivity index (χ1v) is 7.03. The van der Waals surface area contributed by atoms with E-state index in [1.54, 1.807) is 0 Å². The first-order valence-electron chi connectivity index (χ1n) is 7.03. The zero-order chi connectivity index (χ0) is 13.5. The molecule has 0 aromatic heterocycles. The molecule has 0 atom stereocenters. The highest BCUT2D eigenvalue weighted by atomic mass is 16.5. The van der Waals surface area contributed by atoms with Crippen molar-refractivity contribution in [2.45, 2.75) is 26.2 Å². The lowest BCUT2D eigenvalue weighted by Gasteiger charge is -2.25. The zero-order valence-electron chi connectivity index (χ0n) is 11.5. The first kappa shape index (κ1) is 13.9. The second-order valence-corrected chi connectivity index (χ2v) is 4.85. The Morgan fingerprint density at radius 1 is 1.32 bits per heavy atom. The molecule has 1 aromatic carbocycles. The number of benzene rings is 1. The minimum Gasteiger partial charge on any atom is -0.494 e.